The van der Waals surface area contributed by atoms with Crippen molar-refractivity contribution in [3.05, 3.63) is 0 Å². The van der Waals surface area contributed by atoms with E-state index in [1.807, 2.05) is 4.90 Å². The Balaban J connectivity index is 1.58. The van der Waals surface area contributed by atoms with Crippen molar-refractivity contribution in [2.75, 3.05) is 70.2 Å². The van der Waals surface area contributed by atoms with Gasteiger partial charge in [-0.1, -0.05) is 11.8 Å². The lowest BCUT2D eigenvalue weighted by Gasteiger charge is -2.32. The number of piperazine rings is 1. The molecular weight excluding hydrogens is 328 g/mol. The normalized spacial score (nSPS) is 19.8. The molecule has 3 rings (SSSR count). The first kappa shape index (κ1) is 17.5. The van der Waals surface area contributed by atoms with Gasteiger partial charge in [-0.2, -0.15) is 0 Å². The van der Waals surface area contributed by atoms with Crippen LogP contribution in [-0.4, -0.2) is 95.8 Å². The van der Waals surface area contributed by atoms with E-state index in [9.17, 15) is 4.79 Å². The van der Waals surface area contributed by atoms with Gasteiger partial charge in [0.2, 0.25) is 11.9 Å². The number of anilines is 1. The average Bonchev–Trinajstić information content (AvgIpc) is 3.04. The number of morpholine rings is 1. The number of aromatic nitrogens is 3. The SMILES string of the molecule is CCn1c(SCC(=O)N2CCN(C)CC2)nnc1N1CCOCC1. The minimum Gasteiger partial charge on any atom is -0.378 e. The predicted molar refractivity (Wildman–Crippen MR) is 93.5 cm³/mol. The lowest BCUT2D eigenvalue weighted by Crippen LogP contribution is -2.47. The fraction of sp³-hybridized carbons (Fsp3) is 0.800. The molecule has 24 heavy (non-hydrogen) atoms. The Kier molecular flexibility index (Phi) is 5.96. The van der Waals surface area contributed by atoms with E-state index in [1.165, 1.54) is 11.8 Å². The molecule has 1 amide bonds. The Morgan fingerprint density at radius 1 is 1.12 bits per heavy atom. The van der Waals surface area contributed by atoms with Crippen LogP contribution in [0.25, 0.3) is 0 Å². The molecule has 3 heterocycles. The first-order valence-electron chi connectivity index (χ1n) is 8.54. The van der Waals surface area contributed by atoms with Crippen molar-refractivity contribution in [1.82, 2.24) is 24.6 Å². The molecule has 1 aromatic heterocycles. The van der Waals surface area contributed by atoms with E-state index in [0.717, 1.165) is 70.1 Å². The van der Waals surface area contributed by atoms with Crippen molar-refractivity contribution in [2.45, 2.75) is 18.6 Å². The van der Waals surface area contributed by atoms with Gasteiger partial charge in [-0.25, -0.2) is 0 Å². The molecule has 2 fully saturated rings. The van der Waals surface area contributed by atoms with Gasteiger partial charge in [0, 0.05) is 45.8 Å². The predicted octanol–water partition coefficient (Wildman–Crippen LogP) is 0.000700. The minimum absolute atomic E-state index is 0.187. The molecule has 0 aromatic carbocycles. The Hall–Kier alpha value is -1.32. The molecular formula is C15H26N6O2S. The minimum atomic E-state index is 0.187. The van der Waals surface area contributed by atoms with Crippen LogP contribution < -0.4 is 4.90 Å². The van der Waals surface area contributed by atoms with Crippen LogP contribution in [0.5, 0.6) is 0 Å². The zero-order chi connectivity index (χ0) is 16.9. The van der Waals surface area contributed by atoms with Gasteiger partial charge in [-0.05, 0) is 14.0 Å². The molecule has 0 bridgehead atoms. The van der Waals surface area contributed by atoms with Gasteiger partial charge in [-0.15, -0.1) is 10.2 Å². The summed E-state index contributed by atoms with van der Waals surface area (Å²) < 4.78 is 7.49. The molecule has 0 radical (unpaired) electrons. The molecule has 0 unspecified atom stereocenters. The van der Waals surface area contributed by atoms with E-state index in [-0.39, 0.29) is 5.91 Å². The highest BCUT2D eigenvalue weighted by molar-refractivity contribution is 7.99. The summed E-state index contributed by atoms with van der Waals surface area (Å²) in [5.41, 5.74) is 0. The molecule has 2 aliphatic rings. The van der Waals surface area contributed by atoms with Crippen LogP contribution in [0.4, 0.5) is 5.95 Å². The highest BCUT2D eigenvalue weighted by Crippen LogP contribution is 2.23. The number of nitrogens with zero attached hydrogens (tertiary/aromatic N) is 6. The number of carbonyl (C=O) groups is 1. The number of amides is 1. The van der Waals surface area contributed by atoms with E-state index in [1.54, 1.807) is 0 Å². The summed E-state index contributed by atoms with van der Waals surface area (Å²) in [6, 6.07) is 0. The van der Waals surface area contributed by atoms with E-state index >= 15 is 0 Å². The molecule has 1 aromatic rings. The zero-order valence-corrected chi connectivity index (χ0v) is 15.3. The van der Waals surface area contributed by atoms with Gasteiger partial charge < -0.3 is 19.4 Å². The van der Waals surface area contributed by atoms with Gasteiger partial charge in [0.25, 0.3) is 0 Å². The quantitative estimate of drug-likeness (QED) is 0.690. The maximum absolute atomic E-state index is 12.4. The Bertz CT molecular complexity index is 552. The average molecular weight is 354 g/mol. The number of thioether (sulfide) groups is 1. The molecule has 2 saturated heterocycles. The molecule has 134 valence electrons. The maximum atomic E-state index is 12.4. The summed E-state index contributed by atoms with van der Waals surface area (Å²) in [6.07, 6.45) is 0. The van der Waals surface area contributed by atoms with Crippen molar-refractivity contribution in [3.63, 3.8) is 0 Å². The molecule has 0 saturated carbocycles. The van der Waals surface area contributed by atoms with Crippen LogP contribution in [0.1, 0.15) is 6.92 Å². The molecule has 9 heteroatoms. The number of hydrogen-bond acceptors (Lipinski definition) is 7. The Labute approximate surface area is 147 Å². The molecule has 0 N–H and O–H groups in total. The largest absolute Gasteiger partial charge is 0.378 e. The first-order chi connectivity index (χ1) is 11.7. The van der Waals surface area contributed by atoms with Gasteiger partial charge in [0.05, 0.1) is 19.0 Å². The smallest absolute Gasteiger partial charge is 0.233 e. The molecule has 2 aliphatic heterocycles. The fourth-order valence-electron chi connectivity index (χ4n) is 2.94. The van der Waals surface area contributed by atoms with Gasteiger partial charge in [-0.3, -0.25) is 9.36 Å². The second-order valence-corrected chi connectivity index (χ2v) is 7.04. The summed E-state index contributed by atoms with van der Waals surface area (Å²) >= 11 is 1.49. The number of carbonyl (C=O) groups excluding carboxylic acids is 1. The monoisotopic (exact) mass is 354 g/mol. The molecule has 8 nitrogen and oxygen atoms in total. The van der Waals surface area contributed by atoms with E-state index in [2.05, 4.69) is 38.5 Å². The van der Waals surface area contributed by atoms with Crippen molar-refractivity contribution < 1.29 is 9.53 Å². The van der Waals surface area contributed by atoms with Crippen molar-refractivity contribution in [1.29, 1.82) is 0 Å². The summed E-state index contributed by atoms with van der Waals surface area (Å²) in [5, 5.41) is 9.47. The molecule has 0 spiro atoms. The van der Waals surface area contributed by atoms with Crippen LogP contribution in [0.15, 0.2) is 5.16 Å². The van der Waals surface area contributed by atoms with Crippen LogP contribution in [0.3, 0.4) is 0 Å². The van der Waals surface area contributed by atoms with Crippen molar-refractivity contribution in [3.8, 4) is 0 Å². The summed E-state index contributed by atoms with van der Waals surface area (Å²) in [4.78, 5) is 18.8. The Morgan fingerprint density at radius 3 is 2.50 bits per heavy atom. The van der Waals surface area contributed by atoms with Crippen LogP contribution >= 0.6 is 11.8 Å². The third-order valence-corrected chi connectivity index (χ3v) is 5.44. The number of rotatable bonds is 5. The van der Waals surface area contributed by atoms with Crippen LogP contribution in [0.2, 0.25) is 0 Å². The fourth-order valence-corrected chi connectivity index (χ4v) is 3.84. The maximum Gasteiger partial charge on any atom is 0.233 e. The summed E-state index contributed by atoms with van der Waals surface area (Å²) in [6.45, 7) is 9.52. The zero-order valence-electron chi connectivity index (χ0n) is 14.5. The lowest BCUT2D eigenvalue weighted by atomic mass is 10.3. The van der Waals surface area contributed by atoms with Gasteiger partial charge in [0.15, 0.2) is 5.16 Å². The van der Waals surface area contributed by atoms with Crippen molar-refractivity contribution >= 4 is 23.6 Å². The molecule has 0 aliphatic carbocycles. The van der Waals surface area contributed by atoms with E-state index in [4.69, 9.17) is 4.74 Å². The second-order valence-electron chi connectivity index (χ2n) is 6.10. The van der Waals surface area contributed by atoms with Crippen LogP contribution in [-0.2, 0) is 16.1 Å². The van der Waals surface area contributed by atoms with Crippen LogP contribution in [0, 0.1) is 0 Å². The first-order valence-corrected chi connectivity index (χ1v) is 9.52. The third-order valence-electron chi connectivity index (χ3n) is 4.49. The topological polar surface area (TPSA) is 66.7 Å². The number of hydrogen-bond donors (Lipinski definition) is 0. The van der Waals surface area contributed by atoms with Gasteiger partial charge >= 0.3 is 0 Å². The van der Waals surface area contributed by atoms with E-state index in [0.29, 0.717) is 5.75 Å². The van der Waals surface area contributed by atoms with Gasteiger partial charge in [0.1, 0.15) is 0 Å². The summed E-state index contributed by atoms with van der Waals surface area (Å²) in [7, 11) is 2.09. The summed E-state index contributed by atoms with van der Waals surface area (Å²) in [5.74, 6) is 1.49. The highest BCUT2D eigenvalue weighted by atomic mass is 32.2. The van der Waals surface area contributed by atoms with E-state index < -0.39 is 0 Å². The lowest BCUT2D eigenvalue weighted by molar-refractivity contribution is -0.129. The number of likely N-dealkylation sites (N-methyl/N-ethyl adjacent to an activating group) is 1. The Morgan fingerprint density at radius 2 is 1.83 bits per heavy atom. The van der Waals surface area contributed by atoms with Crippen molar-refractivity contribution in [2.24, 2.45) is 0 Å². The molecule has 0 atom stereocenters. The second kappa shape index (κ2) is 8.17. The standard InChI is InChI=1S/C15H26N6O2S/c1-3-21-14(20-8-10-23-11-9-20)16-17-15(21)24-12-13(22)19-6-4-18(2)5-7-19/h3-12H2,1-2H3. The highest BCUT2D eigenvalue weighted by Gasteiger charge is 2.22. The number of ether oxygens (including phenoxy) is 1. The third kappa shape index (κ3) is 4.01.